The number of ether oxygens (including phenoxy) is 1. The number of allylic oxidation sites excluding steroid dienone is 1. The Labute approximate surface area is 114 Å². The molecule has 0 aromatic heterocycles. The predicted octanol–water partition coefficient (Wildman–Crippen LogP) is 0.469. The summed E-state index contributed by atoms with van der Waals surface area (Å²) in [5, 5.41) is 19.8. The van der Waals surface area contributed by atoms with Crippen LogP contribution >= 0.6 is 11.8 Å². The Morgan fingerprint density at radius 1 is 1.74 bits per heavy atom. The van der Waals surface area contributed by atoms with Crippen LogP contribution in [0.3, 0.4) is 0 Å². The normalized spacial score (nSPS) is 16.5. The summed E-state index contributed by atoms with van der Waals surface area (Å²) in [7, 11) is 0. The van der Waals surface area contributed by atoms with Crippen molar-refractivity contribution in [2.75, 3.05) is 12.9 Å². The van der Waals surface area contributed by atoms with Crippen LogP contribution < -0.4 is 11.1 Å². The minimum absolute atomic E-state index is 0.121. The van der Waals surface area contributed by atoms with Crippen molar-refractivity contribution >= 4 is 28.7 Å². The highest BCUT2D eigenvalue weighted by Crippen LogP contribution is 2.19. The summed E-state index contributed by atoms with van der Waals surface area (Å²) >= 11 is 1.30. The number of nitriles is 1. The average Bonchev–Trinajstić information content (AvgIpc) is 2.38. The monoisotopic (exact) mass is 279 g/mol. The van der Waals surface area contributed by atoms with Gasteiger partial charge in [-0.05, 0) is 13.2 Å². The standard InChI is InChI=1S/C11H13N5O2S/c1-3-18-10(17)7(9(13)14)8-6(4-12)5-15-11(16-8)19-2/h5H,3H2,1-2H3,(H3,13,14)(H,15,16)/b8-7+. The molecule has 0 bridgehead atoms. The second-order valence-corrected chi connectivity index (χ2v) is 4.10. The summed E-state index contributed by atoms with van der Waals surface area (Å²) in [6, 6.07) is 1.90. The van der Waals surface area contributed by atoms with Crippen molar-refractivity contribution in [3.63, 3.8) is 0 Å². The molecule has 0 saturated heterocycles. The van der Waals surface area contributed by atoms with Gasteiger partial charge >= 0.3 is 5.97 Å². The number of amidine groups is 2. The van der Waals surface area contributed by atoms with Crippen molar-refractivity contribution < 1.29 is 9.53 Å². The Bertz CT molecular complexity index is 542. The zero-order valence-corrected chi connectivity index (χ0v) is 11.3. The van der Waals surface area contributed by atoms with Gasteiger partial charge in [0.05, 0.1) is 17.9 Å². The Balaban J connectivity index is 3.34. The fourth-order valence-electron chi connectivity index (χ4n) is 1.33. The van der Waals surface area contributed by atoms with Crippen molar-refractivity contribution in [1.29, 1.82) is 10.7 Å². The number of nitrogens with two attached hydrogens (primary N) is 1. The second kappa shape index (κ2) is 6.61. The Kier molecular flexibility index (Phi) is 5.14. The molecule has 0 aliphatic carbocycles. The molecule has 0 atom stereocenters. The van der Waals surface area contributed by atoms with Gasteiger partial charge in [-0.3, -0.25) is 5.41 Å². The SMILES string of the molecule is CCOC(=O)/C(C(=N)N)=C1/NC(SC)=NC=C1C#N. The molecule has 0 amide bonds. The number of carbonyl (C=O) groups excluding carboxylic acids is 1. The van der Waals surface area contributed by atoms with E-state index in [-0.39, 0.29) is 23.5 Å². The van der Waals surface area contributed by atoms with Crippen molar-refractivity contribution in [1.82, 2.24) is 5.32 Å². The molecule has 0 saturated carbocycles. The van der Waals surface area contributed by atoms with E-state index in [0.29, 0.717) is 5.17 Å². The predicted molar refractivity (Wildman–Crippen MR) is 73.4 cm³/mol. The zero-order valence-electron chi connectivity index (χ0n) is 10.5. The minimum Gasteiger partial charge on any atom is -0.462 e. The maximum Gasteiger partial charge on any atom is 0.344 e. The number of aliphatic imine (C=N–C) groups is 1. The quantitative estimate of drug-likeness (QED) is 0.298. The van der Waals surface area contributed by atoms with Gasteiger partial charge in [0.1, 0.15) is 17.5 Å². The van der Waals surface area contributed by atoms with E-state index in [4.69, 9.17) is 21.1 Å². The molecular weight excluding hydrogens is 266 g/mol. The molecule has 4 N–H and O–H groups in total. The number of esters is 1. The molecule has 19 heavy (non-hydrogen) atoms. The third-order valence-electron chi connectivity index (χ3n) is 2.12. The summed E-state index contributed by atoms with van der Waals surface area (Å²) in [5.41, 5.74) is 5.50. The van der Waals surface area contributed by atoms with Gasteiger partial charge in [0, 0.05) is 6.20 Å². The molecule has 1 rings (SSSR count). The van der Waals surface area contributed by atoms with E-state index in [0.717, 1.165) is 0 Å². The van der Waals surface area contributed by atoms with E-state index in [2.05, 4.69) is 10.3 Å². The van der Waals surface area contributed by atoms with Gasteiger partial charge in [0.25, 0.3) is 0 Å². The molecule has 0 fully saturated rings. The Morgan fingerprint density at radius 3 is 2.89 bits per heavy atom. The summed E-state index contributed by atoms with van der Waals surface area (Å²) in [4.78, 5) is 15.8. The van der Waals surface area contributed by atoms with Crippen molar-refractivity contribution in [3.8, 4) is 6.07 Å². The molecule has 1 aliphatic rings. The Morgan fingerprint density at radius 2 is 2.42 bits per heavy atom. The van der Waals surface area contributed by atoms with Crippen molar-refractivity contribution in [3.05, 3.63) is 23.0 Å². The highest BCUT2D eigenvalue weighted by atomic mass is 32.2. The van der Waals surface area contributed by atoms with Crippen LogP contribution in [-0.4, -0.2) is 29.8 Å². The number of nitrogens with one attached hydrogen (secondary N) is 2. The first-order chi connectivity index (χ1) is 9.04. The molecule has 0 aromatic carbocycles. The number of rotatable bonds is 3. The fraction of sp³-hybridized carbons (Fsp3) is 0.273. The highest BCUT2D eigenvalue weighted by Gasteiger charge is 2.25. The lowest BCUT2D eigenvalue weighted by Crippen LogP contribution is -2.32. The number of carbonyl (C=O) groups is 1. The van der Waals surface area contributed by atoms with Gasteiger partial charge < -0.3 is 15.8 Å². The molecule has 0 unspecified atom stereocenters. The summed E-state index contributed by atoms with van der Waals surface area (Å²) in [6.07, 6.45) is 3.10. The molecule has 1 heterocycles. The lowest BCUT2D eigenvalue weighted by Gasteiger charge is -2.17. The molecule has 0 spiro atoms. The van der Waals surface area contributed by atoms with E-state index in [1.807, 2.05) is 6.07 Å². The van der Waals surface area contributed by atoms with Crippen LogP contribution in [0.1, 0.15) is 6.92 Å². The van der Waals surface area contributed by atoms with E-state index < -0.39 is 11.8 Å². The number of hydrogen-bond donors (Lipinski definition) is 3. The van der Waals surface area contributed by atoms with Gasteiger partial charge in [0.15, 0.2) is 5.17 Å². The summed E-state index contributed by atoms with van der Waals surface area (Å²) in [6.45, 7) is 1.79. The largest absolute Gasteiger partial charge is 0.462 e. The second-order valence-electron chi connectivity index (χ2n) is 3.30. The molecule has 8 heteroatoms. The van der Waals surface area contributed by atoms with E-state index >= 15 is 0 Å². The average molecular weight is 279 g/mol. The highest BCUT2D eigenvalue weighted by molar-refractivity contribution is 8.13. The molecule has 1 aliphatic heterocycles. The Hall–Kier alpha value is -2.27. The third-order valence-corrected chi connectivity index (χ3v) is 2.72. The lowest BCUT2D eigenvalue weighted by molar-refractivity contribution is -0.137. The van der Waals surface area contributed by atoms with Crippen LogP contribution in [0.15, 0.2) is 28.0 Å². The smallest absolute Gasteiger partial charge is 0.344 e. The number of thioether (sulfide) groups is 1. The van der Waals surface area contributed by atoms with E-state index in [1.54, 1.807) is 13.2 Å². The van der Waals surface area contributed by atoms with Gasteiger partial charge in [-0.15, -0.1) is 0 Å². The molecule has 0 aromatic rings. The maximum atomic E-state index is 11.8. The maximum absolute atomic E-state index is 11.8. The summed E-state index contributed by atoms with van der Waals surface area (Å²) in [5.74, 6) is -1.22. The first kappa shape index (κ1) is 14.8. The molecular formula is C11H13N5O2S. The molecule has 100 valence electrons. The first-order valence-corrected chi connectivity index (χ1v) is 6.52. The lowest BCUT2D eigenvalue weighted by atomic mass is 10.1. The van der Waals surface area contributed by atoms with Gasteiger partial charge in [0.2, 0.25) is 0 Å². The number of hydrogen-bond acceptors (Lipinski definition) is 7. The third kappa shape index (κ3) is 3.35. The van der Waals surface area contributed by atoms with Crippen LogP contribution in [0.5, 0.6) is 0 Å². The summed E-state index contributed by atoms with van der Waals surface area (Å²) < 4.78 is 4.84. The zero-order chi connectivity index (χ0) is 14.4. The molecule has 7 nitrogen and oxygen atoms in total. The van der Waals surface area contributed by atoms with Gasteiger partial charge in [-0.1, -0.05) is 11.8 Å². The molecule has 0 radical (unpaired) electrons. The van der Waals surface area contributed by atoms with Gasteiger partial charge in [-0.2, -0.15) is 5.26 Å². The number of nitrogens with zero attached hydrogens (tertiary/aromatic N) is 2. The van der Waals surface area contributed by atoms with Crippen molar-refractivity contribution in [2.24, 2.45) is 10.7 Å². The van der Waals surface area contributed by atoms with Crippen LogP contribution in [0, 0.1) is 16.7 Å². The van der Waals surface area contributed by atoms with Crippen molar-refractivity contribution in [2.45, 2.75) is 6.92 Å². The van der Waals surface area contributed by atoms with Crippen LogP contribution in [0.25, 0.3) is 0 Å². The van der Waals surface area contributed by atoms with Crippen LogP contribution in [-0.2, 0) is 9.53 Å². The fourth-order valence-corrected chi connectivity index (χ4v) is 1.69. The van der Waals surface area contributed by atoms with Crippen LogP contribution in [0.2, 0.25) is 0 Å². The first-order valence-electron chi connectivity index (χ1n) is 5.30. The van der Waals surface area contributed by atoms with E-state index in [9.17, 15) is 4.79 Å². The van der Waals surface area contributed by atoms with Gasteiger partial charge in [-0.25, -0.2) is 9.79 Å². The minimum atomic E-state index is -0.749. The van der Waals surface area contributed by atoms with E-state index in [1.165, 1.54) is 18.0 Å². The topological polar surface area (TPSA) is 124 Å². The van der Waals surface area contributed by atoms with Crippen LogP contribution in [0.4, 0.5) is 0 Å².